The van der Waals surface area contributed by atoms with Crippen molar-refractivity contribution in [3.05, 3.63) is 72.3 Å². The van der Waals surface area contributed by atoms with Crippen LogP contribution in [0.5, 0.6) is 0 Å². The molecule has 0 unspecified atom stereocenters. The van der Waals surface area contributed by atoms with Gasteiger partial charge in [0.1, 0.15) is 17.8 Å². The Labute approximate surface area is 290 Å². The molecule has 3 saturated carbocycles. The van der Waals surface area contributed by atoms with Crippen LogP contribution in [0.4, 0.5) is 0 Å². The first kappa shape index (κ1) is 35.0. The molecule has 3 aliphatic carbocycles. The molecule has 7 rings (SSSR count). The summed E-state index contributed by atoms with van der Waals surface area (Å²) in [5.41, 5.74) is 1.26. The number of amides is 3. The Bertz CT molecular complexity index is 1650. The highest BCUT2D eigenvalue weighted by Crippen LogP contribution is 2.61. The van der Waals surface area contributed by atoms with Crippen LogP contribution in [0.25, 0.3) is 10.8 Å². The van der Waals surface area contributed by atoms with Crippen molar-refractivity contribution in [1.82, 2.24) is 25.9 Å². The van der Waals surface area contributed by atoms with Crippen molar-refractivity contribution >= 4 is 35.6 Å². The molecule has 3 N–H and O–H groups in total. The number of rotatable bonds is 13. The van der Waals surface area contributed by atoms with Gasteiger partial charge in [0, 0.05) is 18.8 Å². The topological polar surface area (TPSA) is 132 Å². The maximum absolute atomic E-state index is 14.3. The molecule has 4 aliphatic rings. The van der Waals surface area contributed by atoms with E-state index < -0.39 is 37.0 Å². The number of nitrogens with zero attached hydrogens (tertiary/aromatic N) is 2. The standard InChI is InChI=1S/C38H50BN5O5/c1-22(2)15-29(42-37(47)31-21-40-13-14-41-31)35(45)43-30(18-24-11-12-25-9-7-8-10-26(25)17-24)36(46)44-33(16-23(3)4)39-48-32-20-27-19-28(34(32)49-39)38(27,5)6/h7-14,17,21-23,27-30,32-34H,15-16,18-20H2,1-6H3,(H,42,47)(H,43,45)(H,44,46)/t27-,28+,29+,30+,32-,33-,34+/m1/s1. The van der Waals surface area contributed by atoms with Crippen LogP contribution in [0.15, 0.2) is 61.1 Å². The van der Waals surface area contributed by atoms with E-state index in [1.54, 1.807) is 0 Å². The molecule has 10 nitrogen and oxygen atoms in total. The molecule has 0 radical (unpaired) electrons. The highest BCUT2D eigenvalue weighted by atomic mass is 16.7. The Balaban J connectivity index is 1.23. The lowest BCUT2D eigenvalue weighted by molar-refractivity contribution is -0.150. The van der Waals surface area contributed by atoms with Crippen LogP contribution in [0.1, 0.15) is 83.3 Å². The molecule has 2 aromatic carbocycles. The third kappa shape index (κ3) is 7.83. The van der Waals surface area contributed by atoms with Crippen molar-refractivity contribution in [3.8, 4) is 0 Å². The smallest absolute Gasteiger partial charge is 0.404 e. The molecular formula is C38H50BN5O5. The number of carbonyl (C=O) groups is 3. The van der Waals surface area contributed by atoms with E-state index >= 15 is 0 Å². The van der Waals surface area contributed by atoms with Crippen molar-refractivity contribution in [2.75, 3.05) is 0 Å². The van der Waals surface area contributed by atoms with Gasteiger partial charge in [-0.25, -0.2) is 4.98 Å². The highest BCUT2D eigenvalue weighted by Gasteiger charge is 2.62. The number of fused-ring (bicyclic) bond motifs is 1. The number of aromatic nitrogens is 2. The fourth-order valence-corrected chi connectivity index (χ4v) is 8.02. The van der Waals surface area contributed by atoms with Crippen molar-refractivity contribution in [3.63, 3.8) is 0 Å². The summed E-state index contributed by atoms with van der Waals surface area (Å²) in [6.45, 7) is 12.9. The van der Waals surface area contributed by atoms with Crippen molar-refractivity contribution < 1.29 is 23.7 Å². The van der Waals surface area contributed by atoms with Gasteiger partial charge in [-0.2, -0.15) is 0 Å². The maximum Gasteiger partial charge on any atom is 0.481 e. The molecule has 2 bridgehead atoms. The second-order valence-corrected chi connectivity index (χ2v) is 15.7. The van der Waals surface area contributed by atoms with Gasteiger partial charge in [0.05, 0.1) is 24.3 Å². The third-order valence-corrected chi connectivity index (χ3v) is 10.8. The summed E-state index contributed by atoms with van der Waals surface area (Å²) in [5.74, 6) is -0.198. The minimum absolute atomic E-state index is 0.0272. The fourth-order valence-electron chi connectivity index (χ4n) is 8.02. The van der Waals surface area contributed by atoms with Gasteiger partial charge in [-0.3, -0.25) is 19.4 Å². The molecule has 260 valence electrons. The second kappa shape index (κ2) is 14.6. The van der Waals surface area contributed by atoms with E-state index in [2.05, 4.69) is 59.7 Å². The van der Waals surface area contributed by atoms with E-state index in [9.17, 15) is 14.4 Å². The van der Waals surface area contributed by atoms with Gasteiger partial charge in [0.25, 0.3) is 5.91 Å². The Morgan fingerprint density at radius 3 is 2.31 bits per heavy atom. The van der Waals surface area contributed by atoms with E-state index in [4.69, 9.17) is 9.31 Å². The first-order valence-corrected chi connectivity index (χ1v) is 17.8. The molecule has 1 aromatic heterocycles. The monoisotopic (exact) mass is 667 g/mol. The number of benzene rings is 2. The van der Waals surface area contributed by atoms with Gasteiger partial charge in [-0.1, -0.05) is 84.0 Å². The summed E-state index contributed by atoms with van der Waals surface area (Å²) in [4.78, 5) is 49.4. The van der Waals surface area contributed by atoms with Crippen molar-refractivity contribution in [1.29, 1.82) is 0 Å². The van der Waals surface area contributed by atoms with E-state index in [1.807, 2.05) is 50.2 Å². The van der Waals surface area contributed by atoms with Crippen LogP contribution in [-0.2, 0) is 25.3 Å². The van der Waals surface area contributed by atoms with Crippen LogP contribution >= 0.6 is 0 Å². The highest BCUT2D eigenvalue weighted by molar-refractivity contribution is 6.47. The van der Waals surface area contributed by atoms with Crippen molar-refractivity contribution in [2.24, 2.45) is 29.1 Å². The number of carbonyl (C=O) groups excluding carboxylic acids is 3. The summed E-state index contributed by atoms with van der Waals surface area (Å²) in [5, 5.41) is 11.2. The van der Waals surface area contributed by atoms with Gasteiger partial charge in [0.15, 0.2) is 0 Å². The van der Waals surface area contributed by atoms with E-state index in [-0.39, 0.29) is 47.5 Å². The minimum atomic E-state index is -0.915. The summed E-state index contributed by atoms with van der Waals surface area (Å²) in [6, 6.07) is 12.3. The summed E-state index contributed by atoms with van der Waals surface area (Å²) in [6.07, 6.45) is 7.78. The third-order valence-electron chi connectivity index (χ3n) is 10.8. The molecule has 0 spiro atoms. The minimum Gasteiger partial charge on any atom is -0.404 e. The molecule has 4 fully saturated rings. The number of nitrogens with one attached hydrogen (secondary N) is 3. The number of hydrogen-bond donors (Lipinski definition) is 3. The van der Waals surface area contributed by atoms with Gasteiger partial charge in [-0.15, -0.1) is 0 Å². The molecule has 1 saturated heterocycles. The SMILES string of the molecule is CC(C)C[C@H](NC(=O)c1cnccn1)C(=O)N[C@@H](Cc1ccc2ccccc2c1)C(=O)N[C@H](CC(C)C)B1O[C@@H]2[C@@H](C[C@H]3C[C@@H]2C3(C)C)O1. The Morgan fingerprint density at radius 1 is 0.878 bits per heavy atom. The predicted molar refractivity (Wildman–Crippen MR) is 189 cm³/mol. The summed E-state index contributed by atoms with van der Waals surface area (Å²) < 4.78 is 13.2. The van der Waals surface area contributed by atoms with E-state index in [0.29, 0.717) is 24.7 Å². The van der Waals surface area contributed by atoms with Crippen LogP contribution in [0, 0.1) is 29.1 Å². The predicted octanol–water partition coefficient (Wildman–Crippen LogP) is 4.91. The van der Waals surface area contributed by atoms with Gasteiger partial charge in [0.2, 0.25) is 11.8 Å². The van der Waals surface area contributed by atoms with Crippen LogP contribution in [0.2, 0.25) is 0 Å². The first-order chi connectivity index (χ1) is 23.4. The zero-order chi connectivity index (χ0) is 34.9. The molecule has 11 heteroatoms. The lowest BCUT2D eigenvalue weighted by Gasteiger charge is -2.60. The molecule has 3 amide bonds. The van der Waals surface area contributed by atoms with Crippen LogP contribution in [-0.4, -0.2) is 65.0 Å². The van der Waals surface area contributed by atoms with E-state index in [1.165, 1.54) is 18.6 Å². The summed E-state index contributed by atoms with van der Waals surface area (Å²) >= 11 is 0. The second-order valence-electron chi connectivity index (χ2n) is 15.7. The van der Waals surface area contributed by atoms with Gasteiger partial charge < -0.3 is 25.3 Å². The molecule has 7 atom stereocenters. The van der Waals surface area contributed by atoms with Crippen LogP contribution < -0.4 is 16.0 Å². The average Bonchev–Trinajstić information content (AvgIpc) is 3.52. The quantitative estimate of drug-likeness (QED) is 0.221. The van der Waals surface area contributed by atoms with Crippen molar-refractivity contribution in [2.45, 2.75) is 104 Å². The average molecular weight is 668 g/mol. The molecule has 2 heterocycles. The molecule has 1 aliphatic heterocycles. The molecule has 3 aromatic rings. The first-order valence-electron chi connectivity index (χ1n) is 17.8. The zero-order valence-electron chi connectivity index (χ0n) is 29.5. The zero-order valence-corrected chi connectivity index (χ0v) is 29.5. The fraction of sp³-hybridized carbons (Fsp3) is 0.553. The number of hydrogen-bond acceptors (Lipinski definition) is 7. The molecular weight excluding hydrogens is 617 g/mol. The van der Waals surface area contributed by atoms with Gasteiger partial charge >= 0.3 is 7.12 Å². The lowest BCUT2D eigenvalue weighted by atomic mass is 9.47. The van der Waals surface area contributed by atoms with E-state index in [0.717, 1.165) is 29.2 Å². The summed E-state index contributed by atoms with van der Waals surface area (Å²) in [7, 11) is -0.562. The van der Waals surface area contributed by atoms with Crippen LogP contribution in [0.3, 0.4) is 0 Å². The Morgan fingerprint density at radius 2 is 1.61 bits per heavy atom. The Hall–Kier alpha value is -3.83. The normalized spacial score (nSPS) is 24.1. The lowest BCUT2D eigenvalue weighted by Crippen LogP contribution is -2.59. The maximum atomic E-state index is 14.3. The molecule has 49 heavy (non-hydrogen) atoms. The Kier molecular flexibility index (Phi) is 10.4. The largest absolute Gasteiger partial charge is 0.481 e. The van der Waals surface area contributed by atoms with Gasteiger partial charge in [-0.05, 0) is 71.1 Å².